The highest BCUT2D eigenvalue weighted by Crippen LogP contribution is 2.20. The van der Waals surface area contributed by atoms with E-state index < -0.39 is 0 Å². The fourth-order valence-electron chi connectivity index (χ4n) is 2.21. The van der Waals surface area contributed by atoms with Gasteiger partial charge in [0.25, 0.3) is 5.56 Å². The normalized spacial score (nSPS) is 20.0. The van der Waals surface area contributed by atoms with E-state index in [0.29, 0.717) is 5.92 Å². The first-order valence-corrected chi connectivity index (χ1v) is 5.90. The molecule has 0 radical (unpaired) electrons. The molecule has 0 aromatic carbocycles. The maximum absolute atomic E-state index is 11.7. The Morgan fingerprint density at radius 3 is 3.12 bits per heavy atom. The standard InChI is InChI=1S/C12H16N4O/c1-10-3-2-5-15(9-10)11-7-12(17)16(6-4-13)14-8-11/h7-8,10H,2-3,5-6,9H2,1H3. The van der Waals surface area contributed by atoms with E-state index in [1.807, 2.05) is 6.07 Å². The first kappa shape index (κ1) is 11.6. The fourth-order valence-corrected chi connectivity index (χ4v) is 2.21. The Hall–Kier alpha value is -1.83. The monoisotopic (exact) mass is 232 g/mol. The second-order valence-corrected chi connectivity index (χ2v) is 4.56. The largest absolute Gasteiger partial charge is 0.370 e. The highest BCUT2D eigenvalue weighted by molar-refractivity contribution is 5.43. The molecular formula is C12H16N4O. The van der Waals surface area contributed by atoms with Gasteiger partial charge in [0.15, 0.2) is 0 Å². The summed E-state index contributed by atoms with van der Waals surface area (Å²) in [6.07, 6.45) is 4.08. The molecule has 1 aromatic heterocycles. The van der Waals surface area contributed by atoms with Gasteiger partial charge in [-0.05, 0) is 18.8 Å². The molecule has 0 amide bonds. The van der Waals surface area contributed by atoms with Crippen molar-refractivity contribution in [1.29, 1.82) is 5.26 Å². The molecule has 0 bridgehead atoms. The van der Waals surface area contributed by atoms with Crippen LogP contribution < -0.4 is 10.5 Å². The van der Waals surface area contributed by atoms with Gasteiger partial charge in [0.1, 0.15) is 6.54 Å². The van der Waals surface area contributed by atoms with Gasteiger partial charge >= 0.3 is 0 Å². The Labute approximate surface area is 100 Å². The van der Waals surface area contributed by atoms with E-state index in [0.717, 1.165) is 25.2 Å². The molecule has 90 valence electrons. The Kier molecular flexibility index (Phi) is 3.43. The molecule has 0 spiro atoms. The molecule has 2 rings (SSSR count). The van der Waals surface area contributed by atoms with E-state index >= 15 is 0 Å². The van der Waals surface area contributed by atoms with E-state index in [2.05, 4.69) is 16.9 Å². The Morgan fingerprint density at radius 2 is 2.47 bits per heavy atom. The van der Waals surface area contributed by atoms with Crippen molar-refractivity contribution in [2.45, 2.75) is 26.3 Å². The summed E-state index contributed by atoms with van der Waals surface area (Å²) in [5.74, 6) is 0.658. The summed E-state index contributed by atoms with van der Waals surface area (Å²) in [6.45, 7) is 4.18. The van der Waals surface area contributed by atoms with Gasteiger partial charge in [0.05, 0.1) is 18.0 Å². The zero-order valence-corrected chi connectivity index (χ0v) is 9.96. The Bertz CT molecular complexity index is 488. The Balaban J connectivity index is 2.20. The van der Waals surface area contributed by atoms with Crippen molar-refractivity contribution in [2.24, 2.45) is 5.92 Å². The number of anilines is 1. The summed E-state index contributed by atoms with van der Waals surface area (Å²) in [7, 11) is 0. The van der Waals surface area contributed by atoms with Crippen molar-refractivity contribution in [3.63, 3.8) is 0 Å². The van der Waals surface area contributed by atoms with Crippen LogP contribution in [-0.4, -0.2) is 22.9 Å². The topological polar surface area (TPSA) is 61.9 Å². The second-order valence-electron chi connectivity index (χ2n) is 4.56. The molecule has 2 heterocycles. The molecule has 0 saturated carbocycles. The lowest BCUT2D eigenvalue weighted by molar-refractivity contribution is 0.445. The van der Waals surface area contributed by atoms with Gasteiger partial charge in [0.2, 0.25) is 0 Å². The third kappa shape index (κ3) is 2.64. The lowest BCUT2D eigenvalue weighted by Gasteiger charge is -2.32. The van der Waals surface area contributed by atoms with E-state index in [9.17, 15) is 4.79 Å². The van der Waals surface area contributed by atoms with Gasteiger partial charge in [-0.3, -0.25) is 4.79 Å². The van der Waals surface area contributed by atoms with Gasteiger partial charge in [-0.15, -0.1) is 0 Å². The van der Waals surface area contributed by atoms with Crippen LogP contribution in [0.3, 0.4) is 0 Å². The summed E-state index contributed by atoms with van der Waals surface area (Å²) in [4.78, 5) is 13.9. The molecule has 5 heteroatoms. The molecule has 0 aliphatic carbocycles. The average molecular weight is 232 g/mol. The molecule has 1 aromatic rings. The number of hydrogen-bond donors (Lipinski definition) is 0. The van der Waals surface area contributed by atoms with Crippen LogP contribution in [0.4, 0.5) is 5.69 Å². The molecule has 1 unspecified atom stereocenters. The van der Waals surface area contributed by atoms with Crippen molar-refractivity contribution < 1.29 is 0 Å². The van der Waals surface area contributed by atoms with E-state index in [-0.39, 0.29) is 12.1 Å². The maximum Gasteiger partial charge on any atom is 0.269 e. The van der Waals surface area contributed by atoms with Crippen LogP contribution in [0.5, 0.6) is 0 Å². The first-order valence-electron chi connectivity index (χ1n) is 5.90. The third-order valence-electron chi connectivity index (χ3n) is 3.10. The summed E-state index contributed by atoms with van der Waals surface area (Å²) in [5, 5.41) is 12.5. The first-order chi connectivity index (χ1) is 8.20. The summed E-state index contributed by atoms with van der Waals surface area (Å²) in [5.41, 5.74) is 0.665. The number of hydrogen-bond acceptors (Lipinski definition) is 4. The van der Waals surface area contributed by atoms with E-state index in [1.54, 1.807) is 12.3 Å². The van der Waals surface area contributed by atoms with Crippen LogP contribution in [0.1, 0.15) is 19.8 Å². The number of piperidine rings is 1. The van der Waals surface area contributed by atoms with Gasteiger partial charge in [-0.25, -0.2) is 4.68 Å². The SMILES string of the molecule is CC1CCCN(c2cnn(CC#N)c(=O)c2)C1. The maximum atomic E-state index is 11.7. The zero-order valence-electron chi connectivity index (χ0n) is 9.96. The smallest absolute Gasteiger partial charge is 0.269 e. The van der Waals surface area contributed by atoms with Crippen molar-refractivity contribution in [3.8, 4) is 6.07 Å². The second kappa shape index (κ2) is 5.00. The van der Waals surface area contributed by atoms with Crippen LogP contribution in [-0.2, 0) is 6.54 Å². The number of nitrogens with zero attached hydrogens (tertiary/aromatic N) is 4. The quantitative estimate of drug-likeness (QED) is 0.763. The summed E-state index contributed by atoms with van der Waals surface area (Å²) in [6, 6.07) is 3.49. The minimum atomic E-state index is -0.206. The minimum Gasteiger partial charge on any atom is -0.370 e. The molecule has 1 aliphatic rings. The van der Waals surface area contributed by atoms with Crippen LogP contribution >= 0.6 is 0 Å². The van der Waals surface area contributed by atoms with Crippen molar-refractivity contribution >= 4 is 5.69 Å². The van der Waals surface area contributed by atoms with Gasteiger partial charge < -0.3 is 4.90 Å². The van der Waals surface area contributed by atoms with Crippen molar-refractivity contribution in [1.82, 2.24) is 9.78 Å². The highest BCUT2D eigenvalue weighted by Gasteiger charge is 2.17. The summed E-state index contributed by atoms with van der Waals surface area (Å²) >= 11 is 0. The lowest BCUT2D eigenvalue weighted by Crippen LogP contribution is -2.35. The van der Waals surface area contributed by atoms with E-state index in [1.165, 1.54) is 11.1 Å². The average Bonchev–Trinajstić information content (AvgIpc) is 2.32. The van der Waals surface area contributed by atoms with Gasteiger partial charge in [-0.1, -0.05) is 6.92 Å². The minimum absolute atomic E-state index is 0.00944. The van der Waals surface area contributed by atoms with E-state index in [4.69, 9.17) is 5.26 Å². The molecule has 1 saturated heterocycles. The molecule has 5 nitrogen and oxygen atoms in total. The Morgan fingerprint density at radius 1 is 1.65 bits per heavy atom. The fraction of sp³-hybridized carbons (Fsp3) is 0.583. The molecule has 17 heavy (non-hydrogen) atoms. The number of rotatable bonds is 2. The highest BCUT2D eigenvalue weighted by atomic mass is 16.1. The predicted octanol–water partition coefficient (Wildman–Crippen LogP) is 1.00. The molecule has 1 aliphatic heterocycles. The molecule has 1 atom stereocenters. The molecule has 0 N–H and O–H groups in total. The van der Waals surface area contributed by atoms with Gasteiger partial charge in [-0.2, -0.15) is 10.4 Å². The number of nitriles is 1. The van der Waals surface area contributed by atoms with Crippen molar-refractivity contribution in [2.75, 3.05) is 18.0 Å². The van der Waals surface area contributed by atoms with Crippen LogP contribution in [0.15, 0.2) is 17.1 Å². The van der Waals surface area contributed by atoms with Crippen LogP contribution in [0, 0.1) is 17.2 Å². The van der Waals surface area contributed by atoms with Crippen LogP contribution in [0.25, 0.3) is 0 Å². The van der Waals surface area contributed by atoms with Crippen molar-refractivity contribution in [3.05, 3.63) is 22.6 Å². The third-order valence-corrected chi connectivity index (χ3v) is 3.10. The predicted molar refractivity (Wildman–Crippen MR) is 64.7 cm³/mol. The zero-order chi connectivity index (χ0) is 12.3. The molecule has 1 fully saturated rings. The van der Waals surface area contributed by atoms with Gasteiger partial charge in [0, 0.05) is 19.2 Å². The number of aromatic nitrogens is 2. The lowest BCUT2D eigenvalue weighted by atomic mass is 10.00. The molecular weight excluding hydrogens is 216 g/mol. The summed E-state index contributed by atoms with van der Waals surface area (Å²) < 4.78 is 1.18. The van der Waals surface area contributed by atoms with Crippen LogP contribution in [0.2, 0.25) is 0 Å².